The van der Waals surface area contributed by atoms with Gasteiger partial charge in [0.2, 0.25) is 5.91 Å². The second-order valence-electron chi connectivity index (χ2n) is 3.63. The van der Waals surface area contributed by atoms with Gasteiger partial charge in [0.05, 0.1) is 0 Å². The number of nitrogens with one attached hydrogen (secondary N) is 1. The highest BCUT2D eigenvalue weighted by molar-refractivity contribution is 6.32. The van der Waals surface area contributed by atoms with Crippen LogP contribution in [0.4, 0.5) is 5.69 Å². The molecule has 0 spiro atoms. The Morgan fingerprint density at radius 1 is 0.941 bits per heavy atom. The number of benzene rings is 2. The molecule has 0 saturated heterocycles. The van der Waals surface area contributed by atoms with Crippen LogP contribution in [-0.4, -0.2) is 5.91 Å². The maximum Gasteiger partial charge on any atom is 0.246 e. The Bertz CT molecular complexity index is 484. The second-order valence-corrected chi connectivity index (χ2v) is 4.06. The van der Waals surface area contributed by atoms with Gasteiger partial charge in [-0.05, 0) is 17.7 Å². The van der Waals surface area contributed by atoms with E-state index in [0.29, 0.717) is 0 Å². The lowest BCUT2D eigenvalue weighted by Crippen LogP contribution is -2.17. The highest BCUT2D eigenvalue weighted by Crippen LogP contribution is 2.21. The van der Waals surface area contributed by atoms with E-state index in [1.54, 1.807) is 0 Å². The summed E-state index contributed by atoms with van der Waals surface area (Å²) in [6.07, 6.45) is 0. The number of alkyl halides is 1. The first-order chi connectivity index (χ1) is 8.27. The quantitative estimate of drug-likeness (QED) is 0.823. The molecule has 2 rings (SSSR count). The van der Waals surface area contributed by atoms with Gasteiger partial charge in [-0.25, -0.2) is 0 Å². The number of para-hydroxylation sites is 1. The molecule has 17 heavy (non-hydrogen) atoms. The summed E-state index contributed by atoms with van der Waals surface area (Å²) in [6.45, 7) is 0. The Morgan fingerprint density at radius 3 is 2.06 bits per heavy atom. The number of halogens is 1. The van der Waals surface area contributed by atoms with Gasteiger partial charge in [0.25, 0.3) is 0 Å². The first-order valence-corrected chi connectivity index (χ1v) is 5.76. The van der Waals surface area contributed by atoms with E-state index in [1.165, 1.54) is 0 Å². The topological polar surface area (TPSA) is 29.1 Å². The van der Waals surface area contributed by atoms with Gasteiger partial charge in [0.1, 0.15) is 5.38 Å². The molecule has 1 N–H and O–H groups in total. The van der Waals surface area contributed by atoms with Crippen molar-refractivity contribution < 1.29 is 4.79 Å². The number of rotatable bonds is 3. The van der Waals surface area contributed by atoms with Crippen LogP contribution in [0.2, 0.25) is 0 Å². The molecule has 1 atom stereocenters. The Hall–Kier alpha value is -1.80. The molecule has 0 saturated carbocycles. The van der Waals surface area contributed by atoms with E-state index in [1.807, 2.05) is 60.7 Å². The van der Waals surface area contributed by atoms with Gasteiger partial charge in [0, 0.05) is 5.69 Å². The molecule has 2 nitrogen and oxygen atoms in total. The lowest BCUT2D eigenvalue weighted by molar-refractivity contribution is -0.116. The summed E-state index contributed by atoms with van der Waals surface area (Å²) >= 11 is 6.09. The van der Waals surface area contributed by atoms with Crippen molar-refractivity contribution in [3.8, 4) is 0 Å². The molecular weight excluding hydrogens is 234 g/mol. The fourth-order valence-electron chi connectivity index (χ4n) is 1.50. The molecule has 0 aliphatic rings. The summed E-state index contributed by atoms with van der Waals surface area (Å²) in [5.41, 5.74) is 1.54. The van der Waals surface area contributed by atoms with E-state index in [0.717, 1.165) is 11.3 Å². The van der Waals surface area contributed by atoms with Gasteiger partial charge >= 0.3 is 0 Å². The highest BCUT2D eigenvalue weighted by Gasteiger charge is 2.16. The van der Waals surface area contributed by atoms with E-state index in [4.69, 9.17) is 11.6 Å². The van der Waals surface area contributed by atoms with Crippen LogP contribution in [0.25, 0.3) is 0 Å². The highest BCUT2D eigenvalue weighted by atomic mass is 35.5. The third-order valence-corrected chi connectivity index (χ3v) is 2.81. The molecule has 0 aromatic heterocycles. The van der Waals surface area contributed by atoms with E-state index < -0.39 is 5.38 Å². The minimum absolute atomic E-state index is 0.218. The minimum atomic E-state index is -0.670. The summed E-state index contributed by atoms with van der Waals surface area (Å²) in [4.78, 5) is 11.9. The SMILES string of the molecule is O=C(Nc1ccccc1)[C@H](Cl)c1ccccc1. The lowest BCUT2D eigenvalue weighted by Gasteiger charge is -2.10. The predicted molar refractivity (Wildman–Crippen MR) is 70.1 cm³/mol. The number of carbonyl (C=O) groups is 1. The van der Waals surface area contributed by atoms with E-state index in [9.17, 15) is 4.79 Å². The largest absolute Gasteiger partial charge is 0.325 e. The van der Waals surface area contributed by atoms with E-state index >= 15 is 0 Å². The normalized spacial score (nSPS) is 11.8. The molecule has 86 valence electrons. The van der Waals surface area contributed by atoms with Gasteiger partial charge in [-0.3, -0.25) is 4.79 Å². The summed E-state index contributed by atoms with van der Waals surface area (Å²) < 4.78 is 0. The monoisotopic (exact) mass is 245 g/mol. The smallest absolute Gasteiger partial charge is 0.246 e. The standard InChI is InChI=1S/C14H12ClNO/c15-13(11-7-3-1-4-8-11)14(17)16-12-9-5-2-6-10-12/h1-10,13H,(H,16,17)/t13-/m1/s1. The summed E-state index contributed by atoms with van der Waals surface area (Å²) in [6, 6.07) is 18.6. The maximum absolute atomic E-state index is 11.9. The zero-order valence-electron chi connectivity index (χ0n) is 9.14. The van der Waals surface area contributed by atoms with Crippen molar-refractivity contribution in [3.05, 3.63) is 66.2 Å². The van der Waals surface area contributed by atoms with Gasteiger partial charge < -0.3 is 5.32 Å². The number of anilines is 1. The van der Waals surface area contributed by atoms with Crippen LogP contribution >= 0.6 is 11.6 Å². The third kappa shape index (κ3) is 3.08. The zero-order valence-corrected chi connectivity index (χ0v) is 9.89. The summed E-state index contributed by atoms with van der Waals surface area (Å²) in [5.74, 6) is -0.218. The Labute approximate surface area is 105 Å². The van der Waals surface area contributed by atoms with Crippen molar-refractivity contribution in [2.24, 2.45) is 0 Å². The predicted octanol–water partition coefficient (Wildman–Crippen LogP) is 3.61. The molecule has 0 heterocycles. The van der Waals surface area contributed by atoms with E-state index in [-0.39, 0.29) is 5.91 Å². The first kappa shape index (κ1) is 11.7. The lowest BCUT2D eigenvalue weighted by atomic mass is 10.1. The number of hydrogen-bond acceptors (Lipinski definition) is 1. The average Bonchev–Trinajstić information content (AvgIpc) is 2.40. The first-order valence-electron chi connectivity index (χ1n) is 5.32. The van der Waals surface area contributed by atoms with Crippen LogP contribution in [0, 0.1) is 0 Å². The fourth-order valence-corrected chi connectivity index (χ4v) is 1.70. The molecule has 0 aliphatic heterocycles. The van der Waals surface area contributed by atoms with Crippen LogP contribution in [0.3, 0.4) is 0 Å². The fraction of sp³-hybridized carbons (Fsp3) is 0.0714. The zero-order chi connectivity index (χ0) is 12.1. The molecule has 0 aliphatic carbocycles. The van der Waals surface area contributed by atoms with Crippen molar-refractivity contribution in [1.82, 2.24) is 0 Å². The van der Waals surface area contributed by atoms with Crippen LogP contribution in [-0.2, 0) is 4.79 Å². The van der Waals surface area contributed by atoms with Crippen molar-refractivity contribution in [1.29, 1.82) is 0 Å². The molecule has 2 aromatic carbocycles. The van der Waals surface area contributed by atoms with Gasteiger partial charge in [0.15, 0.2) is 0 Å². The Morgan fingerprint density at radius 2 is 1.47 bits per heavy atom. The molecule has 2 aromatic rings. The van der Waals surface area contributed by atoms with Crippen LogP contribution in [0.1, 0.15) is 10.9 Å². The average molecular weight is 246 g/mol. The van der Waals surface area contributed by atoms with E-state index in [2.05, 4.69) is 5.32 Å². The van der Waals surface area contributed by atoms with Crippen LogP contribution in [0.5, 0.6) is 0 Å². The molecule has 0 unspecified atom stereocenters. The van der Waals surface area contributed by atoms with Gasteiger partial charge in [-0.2, -0.15) is 0 Å². The molecular formula is C14H12ClNO. The third-order valence-electron chi connectivity index (χ3n) is 2.36. The number of amides is 1. The second kappa shape index (κ2) is 5.51. The van der Waals surface area contributed by atoms with Crippen molar-refractivity contribution in [2.45, 2.75) is 5.38 Å². The molecule has 1 amide bonds. The molecule has 0 radical (unpaired) electrons. The molecule has 3 heteroatoms. The summed E-state index contributed by atoms with van der Waals surface area (Å²) in [5, 5.41) is 2.10. The Kier molecular flexibility index (Phi) is 3.78. The van der Waals surface area contributed by atoms with Crippen molar-refractivity contribution in [3.63, 3.8) is 0 Å². The van der Waals surface area contributed by atoms with Crippen molar-refractivity contribution in [2.75, 3.05) is 5.32 Å². The minimum Gasteiger partial charge on any atom is -0.325 e. The molecule has 0 bridgehead atoms. The van der Waals surface area contributed by atoms with Gasteiger partial charge in [-0.1, -0.05) is 48.5 Å². The van der Waals surface area contributed by atoms with Gasteiger partial charge in [-0.15, -0.1) is 11.6 Å². The Balaban J connectivity index is 2.06. The maximum atomic E-state index is 11.9. The van der Waals surface area contributed by atoms with Crippen molar-refractivity contribution >= 4 is 23.2 Å². The molecule has 0 fully saturated rings. The van der Waals surface area contributed by atoms with Crippen LogP contribution in [0.15, 0.2) is 60.7 Å². The van der Waals surface area contributed by atoms with Crippen LogP contribution < -0.4 is 5.32 Å². The summed E-state index contributed by atoms with van der Waals surface area (Å²) in [7, 11) is 0. The number of hydrogen-bond donors (Lipinski definition) is 1. The number of carbonyl (C=O) groups excluding carboxylic acids is 1.